The first-order valence-electron chi connectivity index (χ1n) is 6.69. The number of aromatic nitrogens is 2. The van der Waals surface area contributed by atoms with Gasteiger partial charge in [0.05, 0.1) is 11.6 Å². The number of hydrogen-bond acceptors (Lipinski definition) is 6. The SMILES string of the molecule is CCCNc1cc(Nc2cccc(C#N)c2)nc(SC)n1. The molecule has 1 aromatic heterocycles. The summed E-state index contributed by atoms with van der Waals surface area (Å²) in [4.78, 5) is 8.84. The summed E-state index contributed by atoms with van der Waals surface area (Å²) >= 11 is 1.49. The zero-order valence-electron chi connectivity index (χ0n) is 12.1. The van der Waals surface area contributed by atoms with Crippen LogP contribution in [0.3, 0.4) is 0 Å². The molecule has 0 unspecified atom stereocenters. The molecule has 2 N–H and O–H groups in total. The van der Waals surface area contributed by atoms with Crippen LogP contribution < -0.4 is 10.6 Å². The second-order valence-electron chi connectivity index (χ2n) is 4.37. The number of nitrogens with zero attached hydrogens (tertiary/aromatic N) is 3. The highest BCUT2D eigenvalue weighted by molar-refractivity contribution is 7.98. The van der Waals surface area contributed by atoms with Crippen LogP contribution in [-0.2, 0) is 0 Å². The molecule has 1 heterocycles. The van der Waals surface area contributed by atoms with Gasteiger partial charge in [0.25, 0.3) is 0 Å². The Kier molecular flexibility index (Phi) is 5.41. The van der Waals surface area contributed by atoms with Crippen molar-refractivity contribution in [1.29, 1.82) is 5.26 Å². The molecule has 0 saturated heterocycles. The molecule has 0 spiro atoms. The van der Waals surface area contributed by atoms with E-state index in [0.717, 1.165) is 24.5 Å². The molecule has 2 rings (SSSR count). The Balaban J connectivity index is 2.23. The van der Waals surface area contributed by atoms with E-state index in [1.165, 1.54) is 11.8 Å². The number of rotatable bonds is 6. The zero-order chi connectivity index (χ0) is 15.1. The number of nitriles is 1. The van der Waals surface area contributed by atoms with Gasteiger partial charge in [0.15, 0.2) is 5.16 Å². The van der Waals surface area contributed by atoms with E-state index in [1.807, 2.05) is 24.5 Å². The lowest BCUT2D eigenvalue weighted by Gasteiger charge is -2.10. The average molecular weight is 299 g/mol. The van der Waals surface area contributed by atoms with E-state index in [1.54, 1.807) is 12.1 Å². The maximum atomic E-state index is 8.93. The number of hydrogen-bond donors (Lipinski definition) is 2. The van der Waals surface area contributed by atoms with Crippen LogP contribution in [0, 0.1) is 11.3 Å². The van der Waals surface area contributed by atoms with Gasteiger partial charge in [-0.3, -0.25) is 0 Å². The standard InChI is InChI=1S/C15H17N5S/c1-3-7-17-13-9-14(20-15(19-13)21-2)18-12-6-4-5-11(8-12)10-16/h4-6,8-9H,3,7H2,1-2H3,(H2,17,18,19,20). The summed E-state index contributed by atoms with van der Waals surface area (Å²) in [6, 6.07) is 11.3. The zero-order valence-corrected chi connectivity index (χ0v) is 12.9. The van der Waals surface area contributed by atoms with Crippen molar-refractivity contribution in [3.63, 3.8) is 0 Å². The van der Waals surface area contributed by atoms with Gasteiger partial charge in [-0.05, 0) is 30.9 Å². The Morgan fingerprint density at radius 2 is 2.05 bits per heavy atom. The highest BCUT2D eigenvalue weighted by Crippen LogP contribution is 2.21. The van der Waals surface area contributed by atoms with Crippen LogP contribution in [0.1, 0.15) is 18.9 Å². The second-order valence-corrected chi connectivity index (χ2v) is 5.14. The van der Waals surface area contributed by atoms with Crippen LogP contribution >= 0.6 is 11.8 Å². The van der Waals surface area contributed by atoms with Crippen molar-refractivity contribution in [2.45, 2.75) is 18.5 Å². The number of anilines is 3. The van der Waals surface area contributed by atoms with E-state index in [4.69, 9.17) is 5.26 Å². The molecular weight excluding hydrogens is 282 g/mol. The van der Waals surface area contributed by atoms with Crippen molar-refractivity contribution in [2.75, 3.05) is 23.4 Å². The van der Waals surface area contributed by atoms with Crippen molar-refractivity contribution in [1.82, 2.24) is 9.97 Å². The lowest BCUT2D eigenvalue weighted by atomic mass is 10.2. The van der Waals surface area contributed by atoms with Crippen LogP contribution in [-0.4, -0.2) is 22.8 Å². The molecule has 0 fully saturated rings. The van der Waals surface area contributed by atoms with Crippen molar-refractivity contribution in [2.24, 2.45) is 0 Å². The lowest BCUT2D eigenvalue weighted by Crippen LogP contribution is -2.05. The molecular formula is C15H17N5S. The third-order valence-corrected chi connectivity index (χ3v) is 3.26. The van der Waals surface area contributed by atoms with Crippen molar-refractivity contribution in [3.8, 4) is 6.07 Å². The normalized spacial score (nSPS) is 9.95. The van der Waals surface area contributed by atoms with Crippen LogP contribution in [0.15, 0.2) is 35.5 Å². The fourth-order valence-electron chi connectivity index (χ4n) is 1.74. The third kappa shape index (κ3) is 4.36. The van der Waals surface area contributed by atoms with E-state index >= 15 is 0 Å². The molecule has 2 aromatic rings. The predicted molar refractivity (Wildman–Crippen MR) is 87.0 cm³/mol. The van der Waals surface area contributed by atoms with E-state index in [9.17, 15) is 0 Å². The summed E-state index contributed by atoms with van der Waals surface area (Å²) < 4.78 is 0. The van der Waals surface area contributed by atoms with Gasteiger partial charge in [0.2, 0.25) is 0 Å². The number of thioether (sulfide) groups is 1. The molecule has 0 aliphatic rings. The minimum atomic E-state index is 0.614. The molecule has 6 heteroatoms. The van der Waals surface area contributed by atoms with Crippen LogP contribution in [0.25, 0.3) is 0 Å². The second kappa shape index (κ2) is 7.50. The smallest absolute Gasteiger partial charge is 0.191 e. The highest BCUT2D eigenvalue weighted by atomic mass is 32.2. The molecule has 0 amide bonds. The molecule has 1 aromatic carbocycles. The number of nitrogens with one attached hydrogen (secondary N) is 2. The summed E-state index contributed by atoms with van der Waals surface area (Å²) in [7, 11) is 0. The summed E-state index contributed by atoms with van der Waals surface area (Å²) in [5.41, 5.74) is 1.45. The van der Waals surface area contributed by atoms with E-state index < -0.39 is 0 Å². The molecule has 5 nitrogen and oxygen atoms in total. The Morgan fingerprint density at radius 3 is 2.76 bits per heavy atom. The first-order chi connectivity index (χ1) is 10.2. The first kappa shape index (κ1) is 15.1. The first-order valence-corrected chi connectivity index (χ1v) is 7.91. The minimum Gasteiger partial charge on any atom is -0.370 e. The van der Waals surface area contributed by atoms with Crippen LogP contribution in [0.2, 0.25) is 0 Å². The molecule has 0 aliphatic heterocycles. The maximum absolute atomic E-state index is 8.93. The largest absolute Gasteiger partial charge is 0.370 e. The third-order valence-electron chi connectivity index (χ3n) is 2.71. The molecule has 0 bridgehead atoms. The monoisotopic (exact) mass is 299 g/mol. The molecule has 0 radical (unpaired) electrons. The average Bonchev–Trinajstić information content (AvgIpc) is 2.52. The quantitative estimate of drug-likeness (QED) is 0.626. The summed E-state index contributed by atoms with van der Waals surface area (Å²) in [6.07, 6.45) is 2.98. The van der Waals surface area contributed by atoms with Gasteiger partial charge in [0, 0.05) is 18.3 Å². The molecule has 0 aliphatic carbocycles. The number of benzene rings is 1. The van der Waals surface area contributed by atoms with Gasteiger partial charge in [-0.2, -0.15) is 5.26 Å². The fraction of sp³-hybridized carbons (Fsp3) is 0.267. The Labute approximate surface area is 128 Å². The summed E-state index contributed by atoms with van der Waals surface area (Å²) in [6.45, 7) is 2.98. The van der Waals surface area contributed by atoms with Crippen LogP contribution in [0.5, 0.6) is 0 Å². The van der Waals surface area contributed by atoms with Crippen molar-refractivity contribution < 1.29 is 0 Å². The van der Waals surface area contributed by atoms with E-state index in [0.29, 0.717) is 16.5 Å². The molecule has 0 atom stereocenters. The van der Waals surface area contributed by atoms with Gasteiger partial charge in [-0.15, -0.1) is 0 Å². The maximum Gasteiger partial charge on any atom is 0.191 e. The van der Waals surface area contributed by atoms with Gasteiger partial charge in [-0.1, -0.05) is 24.8 Å². The van der Waals surface area contributed by atoms with Crippen molar-refractivity contribution >= 4 is 29.1 Å². The Morgan fingerprint density at radius 1 is 1.24 bits per heavy atom. The Hall–Kier alpha value is -2.26. The highest BCUT2D eigenvalue weighted by Gasteiger charge is 2.04. The minimum absolute atomic E-state index is 0.614. The van der Waals surface area contributed by atoms with Crippen LogP contribution in [0.4, 0.5) is 17.3 Å². The van der Waals surface area contributed by atoms with Gasteiger partial charge < -0.3 is 10.6 Å². The fourth-order valence-corrected chi connectivity index (χ4v) is 2.12. The van der Waals surface area contributed by atoms with Crippen molar-refractivity contribution in [3.05, 3.63) is 35.9 Å². The van der Waals surface area contributed by atoms with Gasteiger partial charge >= 0.3 is 0 Å². The molecule has 21 heavy (non-hydrogen) atoms. The molecule has 0 saturated carbocycles. The molecule has 108 valence electrons. The van der Waals surface area contributed by atoms with Gasteiger partial charge in [0.1, 0.15) is 11.6 Å². The van der Waals surface area contributed by atoms with E-state index in [-0.39, 0.29) is 0 Å². The summed E-state index contributed by atoms with van der Waals surface area (Å²) in [5, 5.41) is 16.1. The van der Waals surface area contributed by atoms with E-state index in [2.05, 4.69) is 33.6 Å². The Bertz CT molecular complexity index is 651. The topological polar surface area (TPSA) is 73.6 Å². The lowest BCUT2D eigenvalue weighted by molar-refractivity contribution is 0.929. The van der Waals surface area contributed by atoms with Gasteiger partial charge in [-0.25, -0.2) is 9.97 Å². The summed E-state index contributed by atoms with van der Waals surface area (Å²) in [5.74, 6) is 1.51. The predicted octanol–water partition coefficient (Wildman–Crippen LogP) is 3.64.